The minimum Gasteiger partial charge on any atom is -0.143 e. The van der Waals surface area contributed by atoms with Gasteiger partial charge < -0.3 is 0 Å². The lowest BCUT2D eigenvalue weighted by Crippen LogP contribution is -1.84. The molecule has 0 radical (unpaired) electrons. The van der Waals surface area contributed by atoms with Crippen molar-refractivity contribution in [2.45, 2.75) is 12.8 Å². The Morgan fingerprint density at radius 2 is 2.12 bits per heavy atom. The Hall–Kier alpha value is -0.160. The van der Waals surface area contributed by atoms with Crippen molar-refractivity contribution in [1.82, 2.24) is 10.2 Å². The first-order chi connectivity index (χ1) is 8.20. The molecule has 1 aromatic heterocycles. The fraction of sp³-hybridized carbons (Fsp3) is 0.273. The standard InChI is InChI=1S/C11H9BrCl2N2S/c12-7-3-4-8(9(14)6-7)11-16-15-10(17-11)2-1-5-13/h3-4,6H,1-2,5H2. The fourth-order valence-electron chi connectivity index (χ4n) is 1.34. The molecule has 0 aliphatic carbocycles. The quantitative estimate of drug-likeness (QED) is 0.740. The Morgan fingerprint density at radius 3 is 2.82 bits per heavy atom. The van der Waals surface area contributed by atoms with Gasteiger partial charge in [0.25, 0.3) is 0 Å². The number of nitrogens with zero attached hydrogens (tertiary/aromatic N) is 2. The molecule has 0 unspecified atom stereocenters. The van der Waals surface area contributed by atoms with Crippen LogP contribution in [0.25, 0.3) is 10.6 Å². The third-order valence-corrected chi connectivity index (χ3v) is 4.24. The molecule has 0 saturated heterocycles. The molecule has 1 aromatic carbocycles. The number of halogens is 3. The van der Waals surface area contributed by atoms with Crippen molar-refractivity contribution in [3.05, 3.63) is 32.7 Å². The van der Waals surface area contributed by atoms with E-state index in [2.05, 4.69) is 26.1 Å². The number of hydrogen-bond donors (Lipinski definition) is 0. The van der Waals surface area contributed by atoms with Crippen LogP contribution in [-0.4, -0.2) is 16.1 Å². The van der Waals surface area contributed by atoms with Gasteiger partial charge in [-0.1, -0.05) is 38.9 Å². The van der Waals surface area contributed by atoms with E-state index in [9.17, 15) is 0 Å². The molecule has 0 aliphatic rings. The minimum atomic E-state index is 0.647. The third kappa shape index (κ3) is 3.41. The van der Waals surface area contributed by atoms with E-state index in [0.29, 0.717) is 10.9 Å². The first-order valence-corrected chi connectivity index (χ1v) is 7.56. The molecule has 0 amide bonds. The topological polar surface area (TPSA) is 25.8 Å². The maximum atomic E-state index is 6.17. The molecule has 17 heavy (non-hydrogen) atoms. The summed E-state index contributed by atoms with van der Waals surface area (Å²) >= 11 is 16.8. The largest absolute Gasteiger partial charge is 0.149 e. The molecular formula is C11H9BrCl2N2S. The Labute approximate surface area is 122 Å². The van der Waals surface area contributed by atoms with E-state index in [1.165, 1.54) is 0 Å². The molecule has 90 valence electrons. The van der Waals surface area contributed by atoms with Crippen LogP contribution in [0.1, 0.15) is 11.4 Å². The SMILES string of the molecule is ClCCCc1nnc(-c2ccc(Br)cc2Cl)s1. The van der Waals surface area contributed by atoms with Crippen molar-refractivity contribution >= 4 is 50.5 Å². The van der Waals surface area contributed by atoms with Gasteiger partial charge in [0.2, 0.25) is 0 Å². The summed E-state index contributed by atoms with van der Waals surface area (Å²) in [4.78, 5) is 0. The van der Waals surface area contributed by atoms with Crippen LogP contribution in [0.2, 0.25) is 5.02 Å². The molecule has 0 atom stereocenters. The smallest absolute Gasteiger partial charge is 0.143 e. The number of hydrogen-bond acceptors (Lipinski definition) is 3. The number of aromatic nitrogens is 2. The average Bonchev–Trinajstić information content (AvgIpc) is 2.75. The van der Waals surface area contributed by atoms with Crippen LogP contribution in [0.15, 0.2) is 22.7 Å². The normalized spacial score (nSPS) is 10.8. The number of aryl methyl sites for hydroxylation is 1. The van der Waals surface area contributed by atoms with E-state index in [-0.39, 0.29) is 0 Å². The molecule has 0 bridgehead atoms. The Balaban J connectivity index is 2.24. The summed E-state index contributed by atoms with van der Waals surface area (Å²) in [5.74, 6) is 0.647. The Bertz CT molecular complexity index is 516. The van der Waals surface area contributed by atoms with Gasteiger partial charge in [-0.25, -0.2) is 0 Å². The summed E-state index contributed by atoms with van der Waals surface area (Å²) < 4.78 is 0.957. The second kappa shape index (κ2) is 6.14. The second-order valence-electron chi connectivity index (χ2n) is 3.42. The molecular weight excluding hydrogens is 343 g/mol. The van der Waals surface area contributed by atoms with E-state index in [4.69, 9.17) is 23.2 Å². The van der Waals surface area contributed by atoms with E-state index in [1.807, 2.05) is 18.2 Å². The first-order valence-electron chi connectivity index (χ1n) is 5.04. The van der Waals surface area contributed by atoms with Crippen molar-refractivity contribution < 1.29 is 0 Å². The monoisotopic (exact) mass is 350 g/mol. The Morgan fingerprint density at radius 1 is 1.29 bits per heavy atom. The van der Waals surface area contributed by atoms with Gasteiger partial charge in [-0.3, -0.25) is 0 Å². The van der Waals surface area contributed by atoms with Gasteiger partial charge in [0.15, 0.2) is 0 Å². The number of alkyl halides is 1. The van der Waals surface area contributed by atoms with E-state index < -0.39 is 0 Å². The van der Waals surface area contributed by atoms with Crippen LogP contribution in [0, 0.1) is 0 Å². The van der Waals surface area contributed by atoms with E-state index >= 15 is 0 Å². The number of benzene rings is 1. The molecule has 0 saturated carbocycles. The van der Waals surface area contributed by atoms with Gasteiger partial charge in [-0.15, -0.1) is 21.8 Å². The summed E-state index contributed by atoms with van der Waals surface area (Å²) in [7, 11) is 0. The molecule has 2 aromatic rings. The highest BCUT2D eigenvalue weighted by Gasteiger charge is 2.10. The lowest BCUT2D eigenvalue weighted by Gasteiger charge is -1.99. The fourth-order valence-corrected chi connectivity index (χ4v) is 3.22. The maximum absolute atomic E-state index is 6.17. The molecule has 2 rings (SSSR count). The van der Waals surface area contributed by atoms with Crippen LogP contribution in [0.3, 0.4) is 0 Å². The van der Waals surface area contributed by atoms with Crippen LogP contribution in [0.4, 0.5) is 0 Å². The summed E-state index contributed by atoms with van der Waals surface area (Å²) in [6, 6.07) is 5.75. The zero-order valence-corrected chi connectivity index (χ0v) is 12.7. The van der Waals surface area contributed by atoms with Gasteiger partial charge in [-0.2, -0.15) is 0 Å². The van der Waals surface area contributed by atoms with Crippen molar-refractivity contribution in [3.63, 3.8) is 0 Å². The van der Waals surface area contributed by atoms with Crippen molar-refractivity contribution in [1.29, 1.82) is 0 Å². The van der Waals surface area contributed by atoms with Gasteiger partial charge >= 0.3 is 0 Å². The van der Waals surface area contributed by atoms with Crippen molar-refractivity contribution in [3.8, 4) is 10.6 Å². The lowest BCUT2D eigenvalue weighted by molar-refractivity contribution is 0.884. The highest BCUT2D eigenvalue weighted by Crippen LogP contribution is 2.32. The molecule has 1 heterocycles. The lowest BCUT2D eigenvalue weighted by atomic mass is 10.2. The molecule has 0 fully saturated rings. The zero-order chi connectivity index (χ0) is 12.3. The minimum absolute atomic E-state index is 0.647. The predicted octanol–water partition coefficient (Wildman–Crippen LogP) is 4.79. The van der Waals surface area contributed by atoms with E-state index in [1.54, 1.807) is 11.3 Å². The predicted molar refractivity (Wildman–Crippen MR) is 77.1 cm³/mol. The van der Waals surface area contributed by atoms with Crippen molar-refractivity contribution in [2.75, 3.05) is 5.88 Å². The van der Waals surface area contributed by atoms with Gasteiger partial charge in [0.1, 0.15) is 10.0 Å². The third-order valence-electron chi connectivity index (χ3n) is 2.15. The molecule has 6 heteroatoms. The second-order valence-corrected chi connectivity index (χ2v) is 6.18. The molecule has 2 nitrogen and oxygen atoms in total. The summed E-state index contributed by atoms with van der Waals surface area (Å²) in [6.07, 6.45) is 1.79. The average molecular weight is 352 g/mol. The maximum Gasteiger partial charge on any atom is 0.149 e. The van der Waals surface area contributed by atoms with Crippen LogP contribution in [-0.2, 0) is 6.42 Å². The number of rotatable bonds is 4. The molecule has 0 spiro atoms. The summed E-state index contributed by atoms with van der Waals surface area (Å²) in [5, 5.41) is 10.8. The van der Waals surface area contributed by atoms with Crippen LogP contribution < -0.4 is 0 Å². The first kappa shape index (κ1) is 13.3. The van der Waals surface area contributed by atoms with Gasteiger partial charge in [-0.05, 0) is 24.6 Å². The zero-order valence-electron chi connectivity index (χ0n) is 8.79. The molecule has 0 N–H and O–H groups in total. The molecule has 0 aliphatic heterocycles. The summed E-state index contributed by atoms with van der Waals surface area (Å²) in [5.41, 5.74) is 0.921. The van der Waals surface area contributed by atoms with E-state index in [0.717, 1.165) is 32.9 Å². The Kier molecular flexibility index (Phi) is 4.79. The van der Waals surface area contributed by atoms with Gasteiger partial charge in [0.05, 0.1) is 5.02 Å². The highest BCUT2D eigenvalue weighted by atomic mass is 79.9. The van der Waals surface area contributed by atoms with Crippen LogP contribution in [0.5, 0.6) is 0 Å². The summed E-state index contributed by atoms with van der Waals surface area (Å²) in [6.45, 7) is 0. The van der Waals surface area contributed by atoms with Crippen molar-refractivity contribution in [2.24, 2.45) is 0 Å². The van der Waals surface area contributed by atoms with Crippen LogP contribution >= 0.6 is 50.5 Å². The highest BCUT2D eigenvalue weighted by molar-refractivity contribution is 9.10. The van der Waals surface area contributed by atoms with Gasteiger partial charge in [0, 0.05) is 22.3 Å².